The zero-order valence-corrected chi connectivity index (χ0v) is 8.15. The van der Waals surface area contributed by atoms with E-state index in [1.807, 2.05) is 24.3 Å². The highest BCUT2D eigenvalue weighted by Crippen LogP contribution is 2.12. The molecule has 3 N–H and O–H groups in total. The fraction of sp³-hybridized carbons (Fsp3) is 0.250. The highest BCUT2D eigenvalue weighted by atomic mass is 127. The molecule has 0 aliphatic carbocycles. The van der Waals surface area contributed by atoms with Crippen molar-refractivity contribution in [3.05, 3.63) is 33.4 Å². The van der Waals surface area contributed by atoms with E-state index in [1.165, 1.54) is 0 Å². The van der Waals surface area contributed by atoms with Crippen molar-refractivity contribution >= 4 is 22.6 Å². The van der Waals surface area contributed by atoms with E-state index >= 15 is 0 Å². The second-order valence-electron chi connectivity index (χ2n) is 2.34. The molecule has 0 aromatic heterocycles. The van der Waals surface area contributed by atoms with Gasteiger partial charge in [0.25, 0.3) is 0 Å². The number of nitrogens with two attached hydrogens (primary N) is 1. The zero-order chi connectivity index (χ0) is 8.27. The van der Waals surface area contributed by atoms with Gasteiger partial charge in [-0.2, -0.15) is 0 Å². The first-order chi connectivity index (χ1) is 5.24. The van der Waals surface area contributed by atoms with E-state index in [1.54, 1.807) is 0 Å². The molecule has 2 nitrogen and oxygen atoms in total. The largest absolute Gasteiger partial charge is 0.394 e. The molecule has 1 aromatic carbocycles. The molecule has 0 aliphatic rings. The number of halogens is 1. The average Bonchev–Trinajstić information content (AvgIpc) is 2.03. The summed E-state index contributed by atoms with van der Waals surface area (Å²) in [6.45, 7) is 0.0000926. The standard InChI is InChI=1S/C8H10INO/c9-7-3-1-2-6(4-7)8(10)5-11/h1-4,8,11H,5,10H2. The van der Waals surface area contributed by atoms with E-state index in [-0.39, 0.29) is 12.6 Å². The Morgan fingerprint density at radius 2 is 2.27 bits per heavy atom. The first kappa shape index (κ1) is 8.96. The summed E-state index contributed by atoms with van der Waals surface area (Å²) >= 11 is 2.22. The first-order valence-corrected chi connectivity index (χ1v) is 4.44. The van der Waals surface area contributed by atoms with Crippen LogP contribution in [-0.4, -0.2) is 11.7 Å². The van der Waals surface area contributed by atoms with Gasteiger partial charge in [-0.1, -0.05) is 12.1 Å². The third-order valence-corrected chi connectivity index (χ3v) is 2.14. The van der Waals surface area contributed by atoms with Gasteiger partial charge in [0.2, 0.25) is 0 Å². The van der Waals surface area contributed by atoms with Crippen molar-refractivity contribution in [1.29, 1.82) is 0 Å². The average molecular weight is 263 g/mol. The van der Waals surface area contributed by atoms with Gasteiger partial charge in [0.1, 0.15) is 0 Å². The Bertz CT molecular complexity index is 239. The Morgan fingerprint density at radius 1 is 1.55 bits per heavy atom. The van der Waals surface area contributed by atoms with E-state index in [2.05, 4.69) is 22.6 Å². The van der Waals surface area contributed by atoms with Gasteiger partial charge in [-0.3, -0.25) is 0 Å². The Balaban J connectivity index is 2.86. The molecule has 0 heterocycles. The van der Waals surface area contributed by atoms with Gasteiger partial charge in [-0.25, -0.2) is 0 Å². The summed E-state index contributed by atoms with van der Waals surface area (Å²) in [7, 11) is 0. The second kappa shape index (κ2) is 4.04. The van der Waals surface area contributed by atoms with Crippen molar-refractivity contribution in [2.24, 2.45) is 5.73 Å². The number of hydrogen-bond donors (Lipinski definition) is 2. The topological polar surface area (TPSA) is 46.2 Å². The van der Waals surface area contributed by atoms with Crippen molar-refractivity contribution in [3.8, 4) is 0 Å². The molecule has 0 spiro atoms. The molecule has 0 aliphatic heterocycles. The van der Waals surface area contributed by atoms with Gasteiger partial charge >= 0.3 is 0 Å². The minimum atomic E-state index is -0.246. The van der Waals surface area contributed by atoms with Crippen LogP contribution in [0.2, 0.25) is 0 Å². The highest BCUT2D eigenvalue weighted by Gasteiger charge is 2.02. The van der Waals surface area contributed by atoms with Crippen molar-refractivity contribution in [2.45, 2.75) is 6.04 Å². The fourth-order valence-electron chi connectivity index (χ4n) is 0.843. The molecule has 11 heavy (non-hydrogen) atoms. The predicted molar refractivity (Wildman–Crippen MR) is 53.2 cm³/mol. The molecule has 1 unspecified atom stereocenters. The van der Waals surface area contributed by atoms with Gasteiger partial charge in [0, 0.05) is 3.57 Å². The molecule has 1 atom stereocenters. The van der Waals surface area contributed by atoms with Crippen LogP contribution in [0.4, 0.5) is 0 Å². The molecule has 0 amide bonds. The molecular weight excluding hydrogens is 253 g/mol. The smallest absolute Gasteiger partial charge is 0.0624 e. The summed E-state index contributed by atoms with van der Waals surface area (Å²) in [6.07, 6.45) is 0. The normalized spacial score (nSPS) is 13.0. The number of aliphatic hydroxyl groups is 1. The molecule has 1 rings (SSSR count). The van der Waals surface area contributed by atoms with Crippen LogP contribution in [0.25, 0.3) is 0 Å². The van der Waals surface area contributed by atoms with E-state index in [4.69, 9.17) is 10.8 Å². The number of rotatable bonds is 2. The monoisotopic (exact) mass is 263 g/mol. The van der Waals surface area contributed by atoms with Crippen LogP contribution in [0, 0.1) is 3.57 Å². The number of hydrogen-bond acceptors (Lipinski definition) is 2. The molecule has 3 heteroatoms. The molecule has 0 bridgehead atoms. The lowest BCUT2D eigenvalue weighted by Gasteiger charge is -2.07. The summed E-state index contributed by atoms with van der Waals surface area (Å²) in [6, 6.07) is 7.58. The van der Waals surface area contributed by atoms with Crippen LogP contribution in [0.5, 0.6) is 0 Å². The first-order valence-electron chi connectivity index (χ1n) is 3.36. The van der Waals surface area contributed by atoms with E-state index < -0.39 is 0 Å². The maximum atomic E-state index is 8.75. The Morgan fingerprint density at radius 3 is 2.82 bits per heavy atom. The number of aliphatic hydroxyl groups excluding tert-OH is 1. The lowest BCUT2D eigenvalue weighted by molar-refractivity contribution is 0.268. The van der Waals surface area contributed by atoms with Gasteiger partial charge in [0.15, 0.2) is 0 Å². The van der Waals surface area contributed by atoms with Crippen molar-refractivity contribution in [1.82, 2.24) is 0 Å². The van der Waals surface area contributed by atoms with Crippen molar-refractivity contribution in [2.75, 3.05) is 6.61 Å². The summed E-state index contributed by atoms with van der Waals surface area (Å²) < 4.78 is 1.14. The number of benzene rings is 1. The summed E-state index contributed by atoms with van der Waals surface area (Å²) in [5.41, 5.74) is 6.60. The van der Waals surface area contributed by atoms with E-state index in [9.17, 15) is 0 Å². The molecule has 0 saturated carbocycles. The van der Waals surface area contributed by atoms with Crippen LogP contribution in [0.1, 0.15) is 11.6 Å². The van der Waals surface area contributed by atoms with Crippen molar-refractivity contribution < 1.29 is 5.11 Å². The SMILES string of the molecule is NC(CO)c1cccc(I)c1. The second-order valence-corrected chi connectivity index (χ2v) is 3.59. The maximum Gasteiger partial charge on any atom is 0.0624 e. The van der Waals surface area contributed by atoms with Gasteiger partial charge in [0.05, 0.1) is 12.6 Å². The predicted octanol–water partition coefficient (Wildman–Crippen LogP) is 1.28. The van der Waals surface area contributed by atoms with E-state index in [0.29, 0.717) is 0 Å². The molecule has 60 valence electrons. The Labute approximate surface area is 79.6 Å². The molecule has 0 fully saturated rings. The van der Waals surface area contributed by atoms with Crippen LogP contribution in [-0.2, 0) is 0 Å². The quantitative estimate of drug-likeness (QED) is 0.789. The summed E-state index contributed by atoms with van der Waals surface area (Å²) in [5.74, 6) is 0. The zero-order valence-electron chi connectivity index (χ0n) is 6.00. The Hall–Kier alpha value is -0.130. The van der Waals surface area contributed by atoms with Crippen LogP contribution < -0.4 is 5.73 Å². The van der Waals surface area contributed by atoms with E-state index in [0.717, 1.165) is 9.13 Å². The summed E-state index contributed by atoms with van der Waals surface area (Å²) in [4.78, 5) is 0. The molecular formula is C8H10INO. The van der Waals surface area contributed by atoms with Gasteiger partial charge < -0.3 is 10.8 Å². The molecule has 0 saturated heterocycles. The van der Waals surface area contributed by atoms with Crippen LogP contribution in [0.3, 0.4) is 0 Å². The highest BCUT2D eigenvalue weighted by molar-refractivity contribution is 14.1. The fourth-order valence-corrected chi connectivity index (χ4v) is 1.41. The van der Waals surface area contributed by atoms with Gasteiger partial charge in [-0.15, -0.1) is 0 Å². The third kappa shape index (κ3) is 2.43. The summed E-state index contributed by atoms with van der Waals surface area (Å²) in [5, 5.41) is 8.75. The molecule has 1 aromatic rings. The van der Waals surface area contributed by atoms with Gasteiger partial charge in [-0.05, 0) is 40.3 Å². The Kier molecular flexibility index (Phi) is 3.29. The maximum absolute atomic E-state index is 8.75. The third-order valence-electron chi connectivity index (χ3n) is 1.47. The minimum Gasteiger partial charge on any atom is -0.394 e. The van der Waals surface area contributed by atoms with Crippen LogP contribution in [0.15, 0.2) is 24.3 Å². The van der Waals surface area contributed by atoms with Crippen LogP contribution >= 0.6 is 22.6 Å². The lowest BCUT2D eigenvalue weighted by atomic mass is 10.1. The molecule has 0 radical (unpaired) electrons. The minimum absolute atomic E-state index is 0.0000926. The lowest BCUT2D eigenvalue weighted by Crippen LogP contribution is -2.14. The van der Waals surface area contributed by atoms with Crippen molar-refractivity contribution in [3.63, 3.8) is 0 Å².